The summed E-state index contributed by atoms with van der Waals surface area (Å²) in [6.45, 7) is 4.38. The van der Waals surface area contributed by atoms with Crippen molar-refractivity contribution in [3.05, 3.63) is 53.6 Å². The van der Waals surface area contributed by atoms with E-state index in [1.807, 2.05) is 25.3 Å². The van der Waals surface area contributed by atoms with E-state index in [9.17, 15) is 9.59 Å². The van der Waals surface area contributed by atoms with Crippen molar-refractivity contribution in [3.8, 4) is 0 Å². The van der Waals surface area contributed by atoms with E-state index in [-0.39, 0.29) is 22.1 Å². The molecule has 0 saturated carbocycles. The van der Waals surface area contributed by atoms with Gasteiger partial charge in [0.1, 0.15) is 5.57 Å². The van der Waals surface area contributed by atoms with E-state index < -0.39 is 11.8 Å². The summed E-state index contributed by atoms with van der Waals surface area (Å²) < 4.78 is 0. The Kier molecular flexibility index (Phi) is 4.01. The van der Waals surface area contributed by atoms with Gasteiger partial charge in [0.05, 0.1) is 6.04 Å². The fourth-order valence-corrected chi connectivity index (χ4v) is 3.56. The summed E-state index contributed by atoms with van der Waals surface area (Å²) in [6.07, 6.45) is 5.30. The minimum atomic E-state index is -0.476. The molecule has 0 bridgehead atoms. The number of hydrogen-bond acceptors (Lipinski definition) is 4. The maximum atomic E-state index is 11.8. The van der Waals surface area contributed by atoms with E-state index in [4.69, 9.17) is 12.2 Å². The zero-order valence-electron chi connectivity index (χ0n) is 13.8. The van der Waals surface area contributed by atoms with Gasteiger partial charge in [-0.05, 0) is 29.9 Å². The maximum absolute atomic E-state index is 11.8. The number of amides is 2. The highest BCUT2D eigenvalue weighted by Gasteiger charge is 2.41. The van der Waals surface area contributed by atoms with E-state index in [1.165, 1.54) is 17.3 Å². The molecule has 1 fully saturated rings. The number of para-hydroxylation sites is 1. The lowest BCUT2D eigenvalue weighted by Gasteiger charge is -2.29. The number of fused-ring (bicyclic) bond motifs is 1. The van der Waals surface area contributed by atoms with Crippen LogP contribution in [0.2, 0.25) is 0 Å². The smallest absolute Gasteiger partial charge is 0.263 e. The van der Waals surface area contributed by atoms with E-state index in [1.54, 1.807) is 6.08 Å². The van der Waals surface area contributed by atoms with Gasteiger partial charge in [-0.3, -0.25) is 20.2 Å². The van der Waals surface area contributed by atoms with Crippen molar-refractivity contribution in [1.29, 1.82) is 0 Å². The van der Waals surface area contributed by atoms with Crippen LogP contribution in [0, 0.1) is 0 Å². The van der Waals surface area contributed by atoms with Gasteiger partial charge < -0.3 is 4.90 Å². The first-order valence-electron chi connectivity index (χ1n) is 7.70. The second kappa shape index (κ2) is 5.87. The molecule has 0 aromatic heterocycles. The molecule has 124 valence electrons. The lowest BCUT2D eigenvalue weighted by Crippen LogP contribution is -2.51. The Hall–Kier alpha value is -2.47. The molecule has 2 aliphatic heterocycles. The second-order valence-corrected chi connectivity index (χ2v) is 6.91. The largest absolute Gasteiger partial charge is 0.367 e. The summed E-state index contributed by atoms with van der Waals surface area (Å²) in [7, 11) is 2.05. The van der Waals surface area contributed by atoms with Gasteiger partial charge in [0.15, 0.2) is 5.11 Å². The fourth-order valence-electron chi connectivity index (χ4n) is 3.37. The minimum absolute atomic E-state index is 0.0400. The summed E-state index contributed by atoms with van der Waals surface area (Å²) in [4.78, 5) is 25.9. The van der Waals surface area contributed by atoms with Crippen LogP contribution in [-0.2, 0) is 15.0 Å². The van der Waals surface area contributed by atoms with Crippen LogP contribution >= 0.6 is 12.2 Å². The molecule has 2 aliphatic rings. The van der Waals surface area contributed by atoms with Crippen LogP contribution < -0.4 is 15.5 Å². The number of thiocarbonyl (C=S) groups is 1. The van der Waals surface area contributed by atoms with Crippen LogP contribution in [0.1, 0.15) is 19.4 Å². The number of anilines is 1. The van der Waals surface area contributed by atoms with Gasteiger partial charge in [0.25, 0.3) is 11.8 Å². The van der Waals surface area contributed by atoms with Crippen LogP contribution in [-0.4, -0.2) is 30.0 Å². The number of likely N-dealkylation sites (N-methyl/N-ethyl adjacent to an activating group) is 1. The first-order chi connectivity index (χ1) is 11.3. The van der Waals surface area contributed by atoms with Gasteiger partial charge in [-0.1, -0.05) is 44.2 Å². The fraction of sp³-hybridized carbons (Fsp3) is 0.278. The average molecular weight is 341 g/mol. The molecule has 1 atom stereocenters. The molecule has 0 radical (unpaired) electrons. The summed E-state index contributed by atoms with van der Waals surface area (Å²) in [5.74, 6) is -0.952. The van der Waals surface area contributed by atoms with E-state index in [0.29, 0.717) is 0 Å². The summed E-state index contributed by atoms with van der Waals surface area (Å²) >= 11 is 4.78. The van der Waals surface area contributed by atoms with Crippen molar-refractivity contribution in [2.75, 3.05) is 11.9 Å². The highest BCUT2D eigenvalue weighted by molar-refractivity contribution is 7.80. The number of carbonyl (C=O) groups is 2. The van der Waals surface area contributed by atoms with Gasteiger partial charge in [-0.25, -0.2) is 0 Å². The molecule has 0 spiro atoms. The molecule has 6 heteroatoms. The number of carbonyl (C=O) groups excluding carboxylic acids is 2. The highest BCUT2D eigenvalue weighted by Crippen LogP contribution is 2.44. The molecule has 0 aliphatic carbocycles. The SMILES string of the molecule is CN1c2ccccc2C(C)(C)C1C=CC=C1C(=O)NC(=S)NC1=O. The highest BCUT2D eigenvalue weighted by atomic mass is 32.1. The molecular weight excluding hydrogens is 322 g/mol. The minimum Gasteiger partial charge on any atom is -0.367 e. The quantitative estimate of drug-likeness (QED) is 0.489. The topological polar surface area (TPSA) is 61.4 Å². The molecule has 2 N–H and O–H groups in total. The van der Waals surface area contributed by atoms with Crippen molar-refractivity contribution in [2.45, 2.75) is 25.3 Å². The number of nitrogens with zero attached hydrogens (tertiary/aromatic N) is 1. The molecule has 1 saturated heterocycles. The summed E-state index contributed by atoms with van der Waals surface area (Å²) in [5.41, 5.74) is 2.46. The average Bonchev–Trinajstić information content (AvgIpc) is 2.70. The van der Waals surface area contributed by atoms with Gasteiger partial charge in [0, 0.05) is 18.2 Å². The molecule has 3 rings (SSSR count). The number of nitrogens with one attached hydrogen (secondary N) is 2. The number of rotatable bonds is 2. The first-order valence-corrected chi connectivity index (χ1v) is 8.10. The van der Waals surface area contributed by atoms with Crippen molar-refractivity contribution >= 4 is 34.8 Å². The maximum Gasteiger partial charge on any atom is 0.263 e. The Morgan fingerprint density at radius 2 is 1.79 bits per heavy atom. The molecule has 1 aromatic rings. The van der Waals surface area contributed by atoms with Crippen molar-refractivity contribution in [2.24, 2.45) is 0 Å². The standard InChI is InChI=1S/C18H19N3O2S/c1-18(2)12-8-4-5-9-13(12)21(3)14(18)10-6-7-11-15(22)19-17(24)20-16(11)23/h4-10,14H,1-3H3,(H2,19,20,22,23,24). The van der Waals surface area contributed by atoms with Gasteiger partial charge in [0.2, 0.25) is 0 Å². The molecule has 1 unspecified atom stereocenters. The number of allylic oxidation sites excluding steroid dienone is 2. The van der Waals surface area contributed by atoms with E-state index in [2.05, 4.69) is 41.5 Å². The monoisotopic (exact) mass is 341 g/mol. The molecule has 5 nitrogen and oxygen atoms in total. The summed E-state index contributed by atoms with van der Waals surface area (Å²) in [5, 5.41) is 4.89. The lowest BCUT2D eigenvalue weighted by molar-refractivity contribution is -0.123. The van der Waals surface area contributed by atoms with Crippen molar-refractivity contribution in [1.82, 2.24) is 10.6 Å². The normalized spacial score (nSPS) is 22.5. The van der Waals surface area contributed by atoms with Crippen LogP contribution in [0.15, 0.2) is 48.1 Å². The van der Waals surface area contributed by atoms with Crippen LogP contribution in [0.4, 0.5) is 5.69 Å². The molecule has 24 heavy (non-hydrogen) atoms. The van der Waals surface area contributed by atoms with E-state index >= 15 is 0 Å². The number of benzene rings is 1. The Morgan fingerprint density at radius 1 is 1.17 bits per heavy atom. The zero-order chi connectivity index (χ0) is 17.5. The third-order valence-electron chi connectivity index (χ3n) is 4.63. The first kappa shape index (κ1) is 16.4. The third kappa shape index (κ3) is 2.63. The third-order valence-corrected chi connectivity index (χ3v) is 4.84. The molecule has 2 heterocycles. The molecule has 2 amide bonds. The van der Waals surface area contributed by atoms with Crippen molar-refractivity contribution in [3.63, 3.8) is 0 Å². The molecular formula is C18H19N3O2S. The second-order valence-electron chi connectivity index (χ2n) is 6.50. The Labute approximate surface area is 146 Å². The van der Waals surface area contributed by atoms with Gasteiger partial charge in [-0.2, -0.15) is 0 Å². The van der Waals surface area contributed by atoms with Gasteiger partial charge >= 0.3 is 0 Å². The van der Waals surface area contributed by atoms with Crippen molar-refractivity contribution < 1.29 is 9.59 Å². The zero-order valence-corrected chi connectivity index (χ0v) is 14.6. The Balaban J connectivity index is 1.85. The lowest BCUT2D eigenvalue weighted by atomic mass is 9.80. The summed E-state index contributed by atoms with van der Waals surface area (Å²) in [6, 6.07) is 8.44. The van der Waals surface area contributed by atoms with Crippen LogP contribution in [0.25, 0.3) is 0 Å². The van der Waals surface area contributed by atoms with Crippen LogP contribution in [0.3, 0.4) is 0 Å². The number of hydrogen-bond donors (Lipinski definition) is 2. The Morgan fingerprint density at radius 3 is 2.42 bits per heavy atom. The molecule has 1 aromatic carbocycles. The van der Waals surface area contributed by atoms with E-state index in [0.717, 1.165) is 0 Å². The Bertz CT molecular complexity index is 773. The predicted octanol–water partition coefficient (Wildman–Crippen LogP) is 1.80. The van der Waals surface area contributed by atoms with Gasteiger partial charge in [-0.15, -0.1) is 0 Å². The van der Waals surface area contributed by atoms with Crippen LogP contribution in [0.5, 0.6) is 0 Å². The predicted molar refractivity (Wildman–Crippen MR) is 97.8 cm³/mol.